The van der Waals surface area contributed by atoms with E-state index in [9.17, 15) is 0 Å². The van der Waals surface area contributed by atoms with Crippen LogP contribution in [0.2, 0.25) is 0 Å². The molecule has 120 valence electrons. The molecule has 0 saturated heterocycles. The van der Waals surface area contributed by atoms with Crippen LogP contribution in [0.3, 0.4) is 0 Å². The van der Waals surface area contributed by atoms with Crippen LogP contribution in [-0.4, -0.2) is 26.3 Å². The van der Waals surface area contributed by atoms with Crippen LogP contribution in [0, 0.1) is 0 Å². The van der Waals surface area contributed by atoms with Gasteiger partial charge in [0.1, 0.15) is 0 Å². The fourth-order valence-corrected chi connectivity index (χ4v) is 2.37. The maximum atomic E-state index is 5.04. The number of ether oxygens (including phenoxy) is 1. The molecule has 0 aliphatic rings. The number of hydrogen-bond donors (Lipinski definition) is 2. The van der Waals surface area contributed by atoms with Crippen LogP contribution < -0.4 is 10.6 Å². The Morgan fingerprint density at radius 1 is 1.00 bits per heavy atom. The van der Waals surface area contributed by atoms with Gasteiger partial charge in [-0.05, 0) is 44.0 Å². The Bertz CT molecular complexity index is 351. The van der Waals surface area contributed by atoms with E-state index in [1.165, 1.54) is 43.5 Å². The molecule has 1 unspecified atom stereocenters. The van der Waals surface area contributed by atoms with Gasteiger partial charge in [0.2, 0.25) is 0 Å². The van der Waals surface area contributed by atoms with Crippen LogP contribution in [0.25, 0.3) is 0 Å². The molecule has 0 amide bonds. The van der Waals surface area contributed by atoms with E-state index in [0.717, 1.165) is 19.6 Å². The van der Waals surface area contributed by atoms with Crippen LogP contribution in [0.4, 0.5) is 11.4 Å². The zero-order valence-corrected chi connectivity index (χ0v) is 14.0. The van der Waals surface area contributed by atoms with Gasteiger partial charge >= 0.3 is 0 Å². The van der Waals surface area contributed by atoms with Crippen molar-refractivity contribution in [3.63, 3.8) is 0 Å². The van der Waals surface area contributed by atoms with E-state index >= 15 is 0 Å². The largest absolute Gasteiger partial charge is 0.385 e. The van der Waals surface area contributed by atoms with Crippen molar-refractivity contribution in [3.05, 3.63) is 24.3 Å². The molecule has 1 atom stereocenters. The number of benzene rings is 1. The number of methoxy groups -OCH3 is 1. The van der Waals surface area contributed by atoms with Crippen molar-refractivity contribution in [2.45, 2.75) is 58.4 Å². The zero-order chi connectivity index (χ0) is 15.3. The summed E-state index contributed by atoms with van der Waals surface area (Å²) in [6.07, 6.45) is 7.62. The molecule has 0 aliphatic carbocycles. The average molecular weight is 292 g/mol. The van der Waals surface area contributed by atoms with Crippen LogP contribution in [0.1, 0.15) is 52.4 Å². The number of hydrogen-bond acceptors (Lipinski definition) is 3. The molecule has 2 N–H and O–H groups in total. The average Bonchev–Trinajstić information content (AvgIpc) is 2.50. The van der Waals surface area contributed by atoms with E-state index in [2.05, 4.69) is 48.7 Å². The highest BCUT2D eigenvalue weighted by Gasteiger charge is 2.02. The SMILES string of the molecule is CCCCCCC(C)Nc1ccc(NCCCOC)cc1. The van der Waals surface area contributed by atoms with Crippen molar-refractivity contribution >= 4 is 11.4 Å². The maximum absolute atomic E-state index is 5.04. The maximum Gasteiger partial charge on any atom is 0.0479 e. The number of unbranched alkanes of at least 4 members (excludes halogenated alkanes) is 3. The van der Waals surface area contributed by atoms with Crippen molar-refractivity contribution in [2.75, 3.05) is 30.9 Å². The fraction of sp³-hybridized carbons (Fsp3) is 0.667. The lowest BCUT2D eigenvalue weighted by molar-refractivity contribution is 0.198. The van der Waals surface area contributed by atoms with E-state index in [1.54, 1.807) is 7.11 Å². The lowest BCUT2D eigenvalue weighted by atomic mass is 10.1. The first kappa shape index (κ1) is 17.8. The molecule has 0 fully saturated rings. The van der Waals surface area contributed by atoms with E-state index in [1.807, 2.05) is 0 Å². The molecular weight excluding hydrogens is 260 g/mol. The predicted molar refractivity (Wildman–Crippen MR) is 93.3 cm³/mol. The van der Waals surface area contributed by atoms with Crippen molar-refractivity contribution in [3.8, 4) is 0 Å². The summed E-state index contributed by atoms with van der Waals surface area (Å²) in [7, 11) is 1.74. The molecule has 0 saturated carbocycles. The first-order valence-corrected chi connectivity index (χ1v) is 8.35. The molecule has 1 rings (SSSR count). The number of anilines is 2. The molecule has 3 heteroatoms. The Labute approximate surface area is 130 Å². The van der Waals surface area contributed by atoms with E-state index in [4.69, 9.17) is 4.74 Å². The smallest absolute Gasteiger partial charge is 0.0479 e. The molecule has 0 radical (unpaired) electrons. The molecule has 0 heterocycles. The molecule has 0 spiro atoms. The first-order chi connectivity index (χ1) is 10.3. The summed E-state index contributed by atoms with van der Waals surface area (Å²) in [5.74, 6) is 0. The third-order valence-corrected chi connectivity index (χ3v) is 3.64. The molecule has 0 bridgehead atoms. The van der Waals surface area contributed by atoms with Gasteiger partial charge in [0.25, 0.3) is 0 Å². The molecule has 1 aromatic carbocycles. The van der Waals surface area contributed by atoms with Crippen molar-refractivity contribution < 1.29 is 4.74 Å². The van der Waals surface area contributed by atoms with Crippen molar-refractivity contribution in [1.29, 1.82) is 0 Å². The van der Waals surface area contributed by atoms with Gasteiger partial charge in [0.05, 0.1) is 0 Å². The summed E-state index contributed by atoms with van der Waals surface area (Å²) in [6, 6.07) is 9.13. The highest BCUT2D eigenvalue weighted by atomic mass is 16.5. The second-order valence-corrected chi connectivity index (χ2v) is 5.75. The summed E-state index contributed by atoms with van der Waals surface area (Å²) < 4.78 is 5.04. The van der Waals surface area contributed by atoms with E-state index in [0.29, 0.717) is 6.04 Å². The minimum Gasteiger partial charge on any atom is -0.385 e. The minimum atomic E-state index is 0.544. The van der Waals surface area contributed by atoms with Crippen molar-refractivity contribution in [1.82, 2.24) is 0 Å². The third-order valence-electron chi connectivity index (χ3n) is 3.64. The summed E-state index contributed by atoms with van der Waals surface area (Å²) in [5.41, 5.74) is 2.38. The molecule has 1 aromatic rings. The lowest BCUT2D eigenvalue weighted by Crippen LogP contribution is -2.14. The number of nitrogens with one attached hydrogen (secondary N) is 2. The Hall–Kier alpha value is -1.22. The highest BCUT2D eigenvalue weighted by Crippen LogP contribution is 2.16. The van der Waals surface area contributed by atoms with E-state index in [-0.39, 0.29) is 0 Å². The van der Waals surface area contributed by atoms with Crippen LogP contribution in [0.5, 0.6) is 0 Å². The van der Waals surface area contributed by atoms with Crippen molar-refractivity contribution in [2.24, 2.45) is 0 Å². The van der Waals surface area contributed by atoms with Gasteiger partial charge in [0, 0.05) is 37.7 Å². The lowest BCUT2D eigenvalue weighted by Gasteiger charge is -2.15. The van der Waals surface area contributed by atoms with E-state index < -0.39 is 0 Å². The van der Waals surface area contributed by atoms with Crippen LogP contribution in [0.15, 0.2) is 24.3 Å². The number of rotatable bonds is 12. The Morgan fingerprint density at radius 2 is 1.71 bits per heavy atom. The summed E-state index contributed by atoms with van der Waals surface area (Å²) in [4.78, 5) is 0. The third kappa shape index (κ3) is 8.61. The molecule has 0 aromatic heterocycles. The van der Waals surface area contributed by atoms with Gasteiger partial charge < -0.3 is 15.4 Å². The monoisotopic (exact) mass is 292 g/mol. The van der Waals surface area contributed by atoms with Gasteiger partial charge in [-0.3, -0.25) is 0 Å². The zero-order valence-electron chi connectivity index (χ0n) is 14.0. The first-order valence-electron chi connectivity index (χ1n) is 8.35. The quantitative estimate of drug-likeness (QED) is 0.537. The highest BCUT2D eigenvalue weighted by molar-refractivity contribution is 5.53. The molecular formula is C18H32N2O. The van der Waals surface area contributed by atoms with Gasteiger partial charge in [0.15, 0.2) is 0 Å². The predicted octanol–water partition coefficient (Wildman–Crippen LogP) is 4.91. The Morgan fingerprint density at radius 3 is 2.38 bits per heavy atom. The second kappa shape index (κ2) is 11.4. The van der Waals surface area contributed by atoms with Crippen LogP contribution in [-0.2, 0) is 4.74 Å². The molecule has 21 heavy (non-hydrogen) atoms. The standard InChI is InChI=1S/C18H32N2O/c1-4-5-6-7-9-16(2)20-18-12-10-17(11-13-18)19-14-8-15-21-3/h10-13,16,19-20H,4-9,14-15H2,1-3H3. The van der Waals surface area contributed by atoms with Crippen LogP contribution >= 0.6 is 0 Å². The Balaban J connectivity index is 2.23. The minimum absolute atomic E-state index is 0.544. The van der Waals surface area contributed by atoms with Gasteiger partial charge in [-0.1, -0.05) is 32.6 Å². The summed E-state index contributed by atoms with van der Waals surface area (Å²) in [5, 5.41) is 6.98. The second-order valence-electron chi connectivity index (χ2n) is 5.75. The topological polar surface area (TPSA) is 33.3 Å². The van der Waals surface area contributed by atoms with Gasteiger partial charge in [-0.2, -0.15) is 0 Å². The van der Waals surface area contributed by atoms with Gasteiger partial charge in [-0.15, -0.1) is 0 Å². The summed E-state index contributed by atoms with van der Waals surface area (Å²) >= 11 is 0. The Kier molecular flexibility index (Phi) is 9.71. The fourth-order valence-electron chi connectivity index (χ4n) is 2.37. The summed E-state index contributed by atoms with van der Waals surface area (Å²) in [6.45, 7) is 6.28. The molecule has 0 aliphatic heterocycles. The molecule has 3 nitrogen and oxygen atoms in total. The normalized spacial score (nSPS) is 12.1. The van der Waals surface area contributed by atoms with Gasteiger partial charge in [-0.25, -0.2) is 0 Å².